The summed E-state index contributed by atoms with van der Waals surface area (Å²) in [6, 6.07) is 3.82. The molecule has 0 spiro atoms. The first-order chi connectivity index (χ1) is 22.1. The molecule has 6 rings (SSSR count). The van der Waals surface area contributed by atoms with Crippen LogP contribution in [0.1, 0.15) is 89.6 Å². The molecule has 14 nitrogen and oxygen atoms in total. The molecule has 14 heteroatoms. The van der Waals surface area contributed by atoms with Gasteiger partial charge in [0.05, 0.1) is 42.0 Å². The van der Waals surface area contributed by atoms with E-state index in [0.29, 0.717) is 0 Å². The van der Waals surface area contributed by atoms with Crippen molar-refractivity contribution < 1.29 is 63.3 Å². The molecule has 6 atom stereocenters. The van der Waals surface area contributed by atoms with E-state index < -0.39 is 107 Å². The van der Waals surface area contributed by atoms with Gasteiger partial charge in [0.25, 0.3) is 0 Å². The summed E-state index contributed by atoms with van der Waals surface area (Å²) in [6.07, 6.45) is -5.22. The van der Waals surface area contributed by atoms with Crippen LogP contribution in [0.25, 0.3) is 0 Å². The third kappa shape index (κ3) is 5.33. The third-order valence-electron chi connectivity index (χ3n) is 9.13. The minimum Gasteiger partial charge on any atom is -0.507 e. The van der Waals surface area contributed by atoms with Gasteiger partial charge >= 0.3 is 6.09 Å². The molecule has 2 aliphatic carbocycles. The molecule has 0 aromatic heterocycles. The number of fused-ring (bicyclic) bond motifs is 4. The van der Waals surface area contributed by atoms with Gasteiger partial charge in [-0.2, -0.15) is 0 Å². The van der Waals surface area contributed by atoms with Gasteiger partial charge in [0.1, 0.15) is 47.9 Å². The third-order valence-corrected chi connectivity index (χ3v) is 9.13. The average molecular weight is 656 g/mol. The Balaban J connectivity index is 1.42. The Morgan fingerprint density at radius 2 is 1.79 bits per heavy atom. The fourth-order valence-corrected chi connectivity index (χ4v) is 7.00. The highest BCUT2D eigenvalue weighted by atomic mass is 16.7. The van der Waals surface area contributed by atoms with Gasteiger partial charge in [0.2, 0.25) is 5.78 Å². The Labute approximate surface area is 269 Å². The predicted octanol–water partition coefficient (Wildman–Crippen LogP) is 2.28. The van der Waals surface area contributed by atoms with Gasteiger partial charge in [-0.15, -0.1) is 0 Å². The molecule has 2 aromatic rings. The maximum atomic E-state index is 13.9. The standard InChI is InChI=1S/C33H37NO13/c1-14-30-17(34(13-44-30)31(41)47-32(2,3)4)9-21(45-14)46-19-11-33(42,20(36)12-35)10-16-23(19)29(40)25-24(27(16)38)26(37)15-7-6-8-18(43-5)22(15)28(25)39/h6-8,14,17,19,21,30,35,38,40,42H,9-13H2,1-5H3/t14?,17?,19-,21?,30-,33-/m0/s1. The maximum absolute atomic E-state index is 13.9. The van der Waals surface area contributed by atoms with Crippen LogP contribution in [0, 0.1) is 0 Å². The molecular formula is C33H37NO13. The number of ether oxygens (including phenoxy) is 5. The summed E-state index contributed by atoms with van der Waals surface area (Å²) in [6.45, 7) is 5.84. The number of phenolic OH excluding ortho intramolecular Hbond substituents is 2. The van der Waals surface area contributed by atoms with Gasteiger partial charge in [0, 0.05) is 36.0 Å². The van der Waals surface area contributed by atoms with Crippen LogP contribution >= 0.6 is 0 Å². The van der Waals surface area contributed by atoms with Crippen molar-refractivity contribution in [2.24, 2.45) is 0 Å². The Kier molecular flexibility index (Phi) is 8.08. The van der Waals surface area contributed by atoms with E-state index in [-0.39, 0.29) is 41.2 Å². The fraction of sp³-hybridized carbons (Fsp3) is 0.515. The van der Waals surface area contributed by atoms with Crippen molar-refractivity contribution >= 4 is 23.4 Å². The molecule has 252 valence electrons. The van der Waals surface area contributed by atoms with Crippen molar-refractivity contribution in [3.8, 4) is 17.2 Å². The molecule has 2 aromatic carbocycles. The minimum absolute atomic E-state index is 0.0520. The number of nitrogens with zero attached hydrogens (tertiary/aromatic N) is 1. The van der Waals surface area contributed by atoms with Gasteiger partial charge in [-0.3, -0.25) is 19.3 Å². The summed E-state index contributed by atoms with van der Waals surface area (Å²) < 4.78 is 29.1. The number of Topliss-reactive ketones (excluding diaryl/α,β-unsaturated/α-hetero) is 1. The zero-order valence-corrected chi connectivity index (χ0v) is 26.6. The normalized spacial score (nSPS) is 28.2. The fourth-order valence-electron chi connectivity index (χ4n) is 7.00. The highest BCUT2D eigenvalue weighted by molar-refractivity contribution is 6.31. The lowest BCUT2D eigenvalue weighted by Gasteiger charge is -2.42. The van der Waals surface area contributed by atoms with Gasteiger partial charge in [-0.05, 0) is 33.8 Å². The molecule has 4 N–H and O–H groups in total. The summed E-state index contributed by atoms with van der Waals surface area (Å²) in [5, 5.41) is 44.5. The molecule has 3 unspecified atom stereocenters. The number of rotatable bonds is 5. The van der Waals surface area contributed by atoms with Crippen LogP contribution in [0.2, 0.25) is 0 Å². The second-order valence-corrected chi connectivity index (χ2v) is 13.3. The number of aliphatic hydroxyl groups is 2. The van der Waals surface area contributed by atoms with Crippen LogP contribution in [0.15, 0.2) is 18.2 Å². The van der Waals surface area contributed by atoms with E-state index in [4.69, 9.17) is 23.7 Å². The number of aliphatic hydroxyl groups excluding tert-OH is 1. The zero-order valence-electron chi connectivity index (χ0n) is 26.6. The first-order valence-corrected chi connectivity index (χ1v) is 15.3. The minimum atomic E-state index is -2.28. The second-order valence-electron chi connectivity index (χ2n) is 13.3. The largest absolute Gasteiger partial charge is 0.507 e. The first kappa shape index (κ1) is 32.8. The van der Waals surface area contributed by atoms with Gasteiger partial charge in [-0.25, -0.2) is 4.79 Å². The van der Waals surface area contributed by atoms with Crippen LogP contribution in [0.5, 0.6) is 17.2 Å². The van der Waals surface area contributed by atoms with Crippen molar-refractivity contribution in [2.45, 2.75) is 88.8 Å². The second kappa shape index (κ2) is 11.6. The van der Waals surface area contributed by atoms with Crippen molar-refractivity contribution in [1.29, 1.82) is 0 Å². The van der Waals surface area contributed by atoms with E-state index >= 15 is 0 Å². The average Bonchev–Trinajstić information content (AvgIpc) is 3.44. The summed E-state index contributed by atoms with van der Waals surface area (Å²) >= 11 is 0. The van der Waals surface area contributed by atoms with E-state index in [1.54, 1.807) is 27.7 Å². The van der Waals surface area contributed by atoms with Gasteiger partial charge in [0.15, 0.2) is 17.9 Å². The quantitative estimate of drug-likeness (QED) is 0.292. The highest BCUT2D eigenvalue weighted by Gasteiger charge is 2.52. The monoisotopic (exact) mass is 655 g/mol. The molecule has 2 heterocycles. The van der Waals surface area contributed by atoms with E-state index in [9.17, 15) is 39.6 Å². The molecule has 0 radical (unpaired) electrons. The van der Waals surface area contributed by atoms with E-state index in [2.05, 4.69) is 0 Å². The number of hydrogen-bond donors (Lipinski definition) is 4. The van der Waals surface area contributed by atoms with Crippen molar-refractivity contribution in [3.63, 3.8) is 0 Å². The number of carbonyl (C=O) groups is 4. The van der Waals surface area contributed by atoms with E-state index in [1.165, 1.54) is 30.2 Å². The van der Waals surface area contributed by atoms with Crippen LogP contribution in [-0.4, -0.2) is 105 Å². The summed E-state index contributed by atoms with van der Waals surface area (Å²) in [5.41, 5.74) is -4.50. The molecule has 2 saturated heterocycles. The zero-order chi connectivity index (χ0) is 34.2. The topological polar surface area (TPSA) is 199 Å². The highest BCUT2D eigenvalue weighted by Crippen LogP contribution is 2.52. The Morgan fingerprint density at radius 3 is 2.45 bits per heavy atom. The SMILES string of the molecule is COc1cccc2c1C(=O)c1c(O)c3c(c(O)c1C2=O)C[C@@](O)(C(=O)CO)C[C@@H]3OC1CC2[C@@H](OCN2C(=O)OC(C)(C)C)C(C)O1. The molecular weight excluding hydrogens is 618 g/mol. The number of hydrogen-bond acceptors (Lipinski definition) is 13. The van der Waals surface area contributed by atoms with E-state index in [0.717, 1.165) is 0 Å². The van der Waals surface area contributed by atoms with Gasteiger partial charge < -0.3 is 44.1 Å². The molecule has 47 heavy (non-hydrogen) atoms. The maximum Gasteiger partial charge on any atom is 0.412 e. The smallest absolute Gasteiger partial charge is 0.412 e. The summed E-state index contributed by atoms with van der Waals surface area (Å²) in [7, 11) is 1.32. The lowest BCUT2D eigenvalue weighted by molar-refractivity contribution is -0.246. The van der Waals surface area contributed by atoms with Crippen molar-refractivity contribution in [1.82, 2.24) is 4.90 Å². The molecule has 2 aliphatic heterocycles. The Bertz CT molecular complexity index is 1680. The van der Waals surface area contributed by atoms with Crippen LogP contribution in [0.4, 0.5) is 4.79 Å². The molecule has 4 aliphatic rings. The number of benzene rings is 2. The number of phenols is 2. The molecule has 0 saturated carbocycles. The molecule has 2 fully saturated rings. The number of methoxy groups -OCH3 is 1. The number of aromatic hydroxyl groups is 2. The van der Waals surface area contributed by atoms with Crippen LogP contribution in [0.3, 0.4) is 0 Å². The van der Waals surface area contributed by atoms with E-state index in [1.807, 2.05) is 0 Å². The lowest BCUT2D eigenvalue weighted by atomic mass is 9.72. The number of amides is 1. The van der Waals surface area contributed by atoms with Crippen molar-refractivity contribution in [3.05, 3.63) is 51.6 Å². The summed E-state index contributed by atoms with van der Waals surface area (Å²) in [4.78, 5) is 54.8. The first-order valence-electron chi connectivity index (χ1n) is 15.3. The number of ketones is 3. The number of carbonyl (C=O) groups excluding carboxylic acids is 4. The Hall–Kier alpha value is -4.08. The van der Waals surface area contributed by atoms with Crippen LogP contribution < -0.4 is 4.74 Å². The predicted molar refractivity (Wildman–Crippen MR) is 159 cm³/mol. The van der Waals surface area contributed by atoms with Gasteiger partial charge in [-0.1, -0.05) is 12.1 Å². The van der Waals surface area contributed by atoms with Crippen molar-refractivity contribution in [2.75, 3.05) is 20.4 Å². The molecule has 0 bridgehead atoms. The Morgan fingerprint density at radius 1 is 1.09 bits per heavy atom. The lowest BCUT2D eigenvalue weighted by Crippen LogP contribution is -2.53. The van der Waals surface area contributed by atoms with Crippen LogP contribution in [-0.2, 0) is 30.2 Å². The summed E-state index contributed by atoms with van der Waals surface area (Å²) in [5.74, 6) is -3.84. The molecule has 1 amide bonds.